The number of urea groups is 1. The van der Waals surface area contributed by atoms with Crippen LogP contribution in [0.5, 0.6) is 0 Å². The molecule has 150 valence electrons. The number of hydrogen-bond donors (Lipinski definition) is 1. The Morgan fingerprint density at radius 3 is 2.86 bits per heavy atom. The molecule has 7 heteroatoms. The number of rotatable bonds is 4. The molecule has 0 aliphatic carbocycles. The van der Waals surface area contributed by atoms with Crippen LogP contribution in [0, 0.1) is 18.7 Å². The minimum atomic E-state index is -0.441. The Morgan fingerprint density at radius 2 is 2.03 bits per heavy atom. The van der Waals surface area contributed by atoms with Gasteiger partial charge in [-0.05, 0) is 43.4 Å². The number of nitrogens with one attached hydrogen (secondary N) is 1. The van der Waals surface area contributed by atoms with Gasteiger partial charge in [-0.25, -0.2) is 9.18 Å². The molecule has 2 heterocycles. The number of benzene rings is 2. The van der Waals surface area contributed by atoms with Gasteiger partial charge in [0.15, 0.2) is 0 Å². The van der Waals surface area contributed by atoms with Gasteiger partial charge < -0.3 is 14.7 Å². The molecule has 1 saturated heterocycles. The van der Waals surface area contributed by atoms with Crippen molar-refractivity contribution >= 4 is 11.7 Å². The summed E-state index contributed by atoms with van der Waals surface area (Å²) in [6.45, 7) is 3.23. The highest BCUT2D eigenvalue weighted by Gasteiger charge is 2.26. The number of amides is 2. The molecule has 0 spiro atoms. The molecule has 4 rings (SSSR count). The molecular formula is C22H23FN4O2. The Morgan fingerprint density at radius 1 is 1.24 bits per heavy atom. The normalized spacial score (nSPS) is 16.6. The van der Waals surface area contributed by atoms with Crippen molar-refractivity contribution < 1.29 is 13.7 Å². The van der Waals surface area contributed by atoms with Crippen molar-refractivity contribution in [3.05, 3.63) is 65.8 Å². The summed E-state index contributed by atoms with van der Waals surface area (Å²) >= 11 is 0. The van der Waals surface area contributed by atoms with Gasteiger partial charge in [-0.3, -0.25) is 0 Å². The number of aromatic nitrogens is 2. The molecule has 1 aliphatic rings. The van der Waals surface area contributed by atoms with E-state index in [0.29, 0.717) is 31.2 Å². The van der Waals surface area contributed by atoms with Crippen LogP contribution in [0.15, 0.2) is 53.1 Å². The number of halogens is 1. The van der Waals surface area contributed by atoms with Crippen molar-refractivity contribution in [1.82, 2.24) is 15.0 Å². The molecule has 1 N–H and O–H groups in total. The Bertz CT molecular complexity index is 1000. The number of hydrogen-bond acceptors (Lipinski definition) is 4. The van der Waals surface area contributed by atoms with Crippen LogP contribution in [0.4, 0.5) is 14.9 Å². The van der Waals surface area contributed by atoms with Crippen LogP contribution in [0.1, 0.15) is 24.3 Å². The standard InChI is InChI=1S/C22H23FN4O2/c1-15-7-2-3-9-17(15)21-25-20(29-26-21)13-16-8-6-12-27(14-16)22(28)24-19-11-5-4-10-18(19)23/h2-5,7,9-11,16H,6,8,12-14H2,1H3,(H,24,28)/t16-/m0/s1. The lowest BCUT2D eigenvalue weighted by atomic mass is 9.95. The molecule has 6 nitrogen and oxygen atoms in total. The maximum atomic E-state index is 13.8. The van der Waals surface area contributed by atoms with Gasteiger partial charge in [0.05, 0.1) is 5.69 Å². The lowest BCUT2D eigenvalue weighted by Crippen LogP contribution is -2.43. The highest BCUT2D eigenvalue weighted by Crippen LogP contribution is 2.24. The summed E-state index contributed by atoms with van der Waals surface area (Å²) < 4.78 is 19.2. The summed E-state index contributed by atoms with van der Waals surface area (Å²) in [5.74, 6) is 0.942. The van der Waals surface area contributed by atoms with Crippen LogP contribution in [0.2, 0.25) is 0 Å². The first-order chi connectivity index (χ1) is 14.1. The van der Waals surface area contributed by atoms with Gasteiger partial charge in [0, 0.05) is 25.1 Å². The average molecular weight is 394 g/mol. The minimum Gasteiger partial charge on any atom is -0.339 e. The second-order valence-corrected chi connectivity index (χ2v) is 7.40. The molecular weight excluding hydrogens is 371 g/mol. The first kappa shape index (κ1) is 19.1. The zero-order valence-corrected chi connectivity index (χ0v) is 16.3. The summed E-state index contributed by atoms with van der Waals surface area (Å²) in [6.07, 6.45) is 2.47. The van der Waals surface area contributed by atoms with E-state index >= 15 is 0 Å². The van der Waals surface area contributed by atoms with Crippen molar-refractivity contribution in [3.63, 3.8) is 0 Å². The van der Waals surface area contributed by atoms with E-state index in [2.05, 4.69) is 15.5 Å². The van der Waals surface area contributed by atoms with Crippen LogP contribution in [-0.4, -0.2) is 34.2 Å². The first-order valence-electron chi connectivity index (χ1n) is 9.79. The summed E-state index contributed by atoms with van der Waals surface area (Å²) in [7, 11) is 0. The summed E-state index contributed by atoms with van der Waals surface area (Å²) in [5.41, 5.74) is 2.24. The molecule has 3 aromatic rings. The van der Waals surface area contributed by atoms with Crippen molar-refractivity contribution in [1.29, 1.82) is 0 Å². The molecule has 29 heavy (non-hydrogen) atoms. The first-order valence-corrected chi connectivity index (χ1v) is 9.79. The van der Waals surface area contributed by atoms with Crippen molar-refractivity contribution in [2.45, 2.75) is 26.2 Å². The third kappa shape index (κ3) is 4.45. The summed E-state index contributed by atoms with van der Waals surface area (Å²) in [5, 5.41) is 6.77. The number of aryl methyl sites for hydroxylation is 1. The number of para-hydroxylation sites is 1. The van der Waals surface area contributed by atoms with Crippen LogP contribution >= 0.6 is 0 Å². The van der Waals surface area contributed by atoms with Gasteiger partial charge in [0.2, 0.25) is 11.7 Å². The minimum absolute atomic E-state index is 0.194. The monoisotopic (exact) mass is 394 g/mol. The fourth-order valence-corrected chi connectivity index (χ4v) is 3.69. The fourth-order valence-electron chi connectivity index (χ4n) is 3.69. The zero-order valence-electron chi connectivity index (χ0n) is 16.3. The largest absolute Gasteiger partial charge is 0.339 e. The predicted molar refractivity (Wildman–Crippen MR) is 108 cm³/mol. The molecule has 0 unspecified atom stereocenters. The Hall–Kier alpha value is -3.22. The van der Waals surface area contributed by atoms with E-state index in [1.165, 1.54) is 6.07 Å². The molecule has 2 amide bonds. The number of nitrogens with zero attached hydrogens (tertiary/aromatic N) is 3. The summed E-state index contributed by atoms with van der Waals surface area (Å²) in [4.78, 5) is 18.8. The van der Waals surface area contributed by atoms with E-state index in [1.54, 1.807) is 23.1 Å². The lowest BCUT2D eigenvalue weighted by molar-refractivity contribution is 0.173. The van der Waals surface area contributed by atoms with E-state index in [-0.39, 0.29) is 17.6 Å². The Balaban J connectivity index is 1.39. The molecule has 0 bridgehead atoms. The number of carbonyl (C=O) groups is 1. The topological polar surface area (TPSA) is 71.3 Å². The average Bonchev–Trinajstić information content (AvgIpc) is 3.18. The summed E-state index contributed by atoms with van der Waals surface area (Å²) in [6, 6.07) is 13.8. The van der Waals surface area contributed by atoms with E-state index in [9.17, 15) is 9.18 Å². The van der Waals surface area contributed by atoms with Crippen LogP contribution in [0.25, 0.3) is 11.4 Å². The highest BCUT2D eigenvalue weighted by atomic mass is 19.1. The maximum absolute atomic E-state index is 13.8. The van der Waals surface area contributed by atoms with Gasteiger partial charge in [0.1, 0.15) is 5.82 Å². The van der Waals surface area contributed by atoms with Crippen LogP contribution in [0.3, 0.4) is 0 Å². The van der Waals surface area contributed by atoms with Crippen molar-refractivity contribution in [3.8, 4) is 11.4 Å². The quantitative estimate of drug-likeness (QED) is 0.698. The van der Waals surface area contributed by atoms with E-state index < -0.39 is 5.82 Å². The molecule has 0 saturated carbocycles. The van der Waals surface area contributed by atoms with E-state index in [0.717, 1.165) is 24.0 Å². The molecule has 1 fully saturated rings. The molecule has 1 atom stereocenters. The third-order valence-electron chi connectivity index (χ3n) is 5.24. The third-order valence-corrected chi connectivity index (χ3v) is 5.24. The van der Waals surface area contributed by atoms with E-state index in [1.807, 2.05) is 31.2 Å². The van der Waals surface area contributed by atoms with Crippen molar-refractivity contribution in [2.75, 3.05) is 18.4 Å². The number of carbonyl (C=O) groups excluding carboxylic acids is 1. The Kier molecular flexibility index (Phi) is 5.55. The van der Waals surface area contributed by atoms with Gasteiger partial charge in [0.25, 0.3) is 0 Å². The number of likely N-dealkylation sites (tertiary alicyclic amines) is 1. The molecule has 1 aromatic heterocycles. The number of anilines is 1. The molecule has 0 radical (unpaired) electrons. The van der Waals surface area contributed by atoms with Crippen LogP contribution < -0.4 is 5.32 Å². The molecule has 1 aliphatic heterocycles. The maximum Gasteiger partial charge on any atom is 0.321 e. The second kappa shape index (κ2) is 8.43. The van der Waals surface area contributed by atoms with Gasteiger partial charge >= 0.3 is 6.03 Å². The Labute approximate surface area is 168 Å². The van der Waals surface area contributed by atoms with Gasteiger partial charge in [-0.15, -0.1) is 0 Å². The lowest BCUT2D eigenvalue weighted by Gasteiger charge is -2.32. The SMILES string of the molecule is Cc1ccccc1-c1noc(C[C@@H]2CCCN(C(=O)Nc3ccccc3F)C2)n1. The van der Waals surface area contributed by atoms with E-state index in [4.69, 9.17) is 4.52 Å². The smallest absolute Gasteiger partial charge is 0.321 e. The van der Waals surface area contributed by atoms with Crippen molar-refractivity contribution in [2.24, 2.45) is 5.92 Å². The zero-order chi connectivity index (χ0) is 20.2. The van der Waals surface area contributed by atoms with Crippen LogP contribution in [-0.2, 0) is 6.42 Å². The van der Waals surface area contributed by atoms with Gasteiger partial charge in [-0.2, -0.15) is 4.98 Å². The number of piperidine rings is 1. The highest BCUT2D eigenvalue weighted by molar-refractivity contribution is 5.89. The fraction of sp³-hybridized carbons (Fsp3) is 0.318. The van der Waals surface area contributed by atoms with Gasteiger partial charge in [-0.1, -0.05) is 41.6 Å². The predicted octanol–water partition coefficient (Wildman–Crippen LogP) is 4.67. The second-order valence-electron chi connectivity index (χ2n) is 7.40. The molecule has 2 aromatic carbocycles.